The van der Waals surface area contributed by atoms with Crippen LogP contribution in [0.3, 0.4) is 0 Å². The molecule has 74 valence electrons. The molecule has 0 atom stereocenters. The normalized spacial score (nSPS) is 19.6. The summed E-state index contributed by atoms with van der Waals surface area (Å²) in [4.78, 5) is 20.9. The van der Waals surface area contributed by atoms with E-state index in [9.17, 15) is 22.8 Å². The molecule has 3 nitrogen and oxygen atoms in total. The van der Waals surface area contributed by atoms with Crippen LogP contribution in [-0.4, -0.2) is 23.0 Å². The van der Waals surface area contributed by atoms with E-state index in [1.807, 2.05) is 0 Å². The van der Waals surface area contributed by atoms with Crippen LogP contribution in [0.1, 0.15) is 19.3 Å². The molecule has 6 heteroatoms. The highest BCUT2D eigenvalue weighted by Gasteiger charge is 2.67. The highest BCUT2D eigenvalue weighted by molar-refractivity contribution is 6.00. The fourth-order valence-corrected chi connectivity index (χ4v) is 1.15. The van der Waals surface area contributed by atoms with Gasteiger partial charge in [-0.3, -0.25) is 9.59 Å². The molecule has 0 aliphatic heterocycles. The van der Waals surface area contributed by atoms with Gasteiger partial charge in [-0.15, -0.1) is 0 Å². The van der Waals surface area contributed by atoms with Crippen molar-refractivity contribution in [2.24, 2.45) is 5.41 Å². The Kier molecular flexibility index (Phi) is 2.09. The number of Topliss-reactive ketones (excluding diaryl/α,β-unsaturated/α-hetero) is 1. The molecule has 1 saturated carbocycles. The summed E-state index contributed by atoms with van der Waals surface area (Å²) < 4.78 is 36.5. The van der Waals surface area contributed by atoms with E-state index in [-0.39, 0.29) is 12.8 Å². The summed E-state index contributed by atoms with van der Waals surface area (Å²) in [5.41, 5.74) is -2.34. The third kappa shape index (κ3) is 1.66. The van der Waals surface area contributed by atoms with Crippen molar-refractivity contribution < 1.29 is 27.9 Å². The van der Waals surface area contributed by atoms with Gasteiger partial charge < -0.3 is 5.11 Å². The zero-order chi connectivity index (χ0) is 10.3. The summed E-state index contributed by atoms with van der Waals surface area (Å²) >= 11 is 0. The van der Waals surface area contributed by atoms with Crippen molar-refractivity contribution in [1.82, 2.24) is 0 Å². The Hall–Kier alpha value is -1.07. The lowest BCUT2D eigenvalue weighted by Gasteiger charge is -2.16. The zero-order valence-corrected chi connectivity index (χ0v) is 6.52. The first-order valence-electron chi connectivity index (χ1n) is 3.61. The van der Waals surface area contributed by atoms with Gasteiger partial charge in [-0.25, -0.2) is 0 Å². The van der Waals surface area contributed by atoms with Gasteiger partial charge in [0.1, 0.15) is 11.8 Å². The predicted molar refractivity (Wildman–Crippen MR) is 35.0 cm³/mol. The van der Waals surface area contributed by atoms with E-state index in [1.165, 1.54) is 0 Å². The van der Waals surface area contributed by atoms with Gasteiger partial charge in [0.15, 0.2) is 5.78 Å². The van der Waals surface area contributed by atoms with Crippen LogP contribution in [-0.2, 0) is 9.59 Å². The Balaban J connectivity index is 2.72. The summed E-state index contributed by atoms with van der Waals surface area (Å²) in [6.07, 6.45) is -6.19. The Morgan fingerprint density at radius 2 is 1.77 bits per heavy atom. The van der Waals surface area contributed by atoms with Gasteiger partial charge in [-0.1, -0.05) is 0 Å². The van der Waals surface area contributed by atoms with E-state index in [2.05, 4.69) is 0 Å². The van der Waals surface area contributed by atoms with E-state index < -0.39 is 29.8 Å². The Morgan fingerprint density at radius 3 is 2.00 bits per heavy atom. The van der Waals surface area contributed by atoms with Crippen molar-refractivity contribution in [1.29, 1.82) is 0 Å². The number of carboxylic acid groups (broad SMARTS) is 1. The summed E-state index contributed by atoms with van der Waals surface area (Å²) in [5, 5.41) is 8.15. The van der Waals surface area contributed by atoms with Crippen LogP contribution in [0.2, 0.25) is 0 Å². The third-order valence-electron chi connectivity index (χ3n) is 2.14. The van der Waals surface area contributed by atoms with Crippen LogP contribution in [0.25, 0.3) is 0 Å². The van der Waals surface area contributed by atoms with E-state index in [1.54, 1.807) is 0 Å². The molecule has 1 fully saturated rings. The second-order valence-electron chi connectivity index (χ2n) is 3.07. The molecule has 0 amide bonds. The van der Waals surface area contributed by atoms with E-state index in [0.717, 1.165) is 0 Å². The number of carbonyl (C=O) groups excluding carboxylic acids is 1. The van der Waals surface area contributed by atoms with Gasteiger partial charge >= 0.3 is 12.1 Å². The smallest absolute Gasteiger partial charge is 0.401 e. The minimum absolute atomic E-state index is 0.275. The van der Waals surface area contributed by atoms with Crippen LogP contribution in [0.5, 0.6) is 0 Å². The van der Waals surface area contributed by atoms with Crippen molar-refractivity contribution in [2.45, 2.75) is 25.4 Å². The first-order chi connectivity index (χ1) is 5.79. The zero-order valence-electron chi connectivity index (χ0n) is 6.52. The molecule has 1 aliphatic carbocycles. The highest BCUT2D eigenvalue weighted by atomic mass is 19.4. The maximum absolute atomic E-state index is 12.2. The van der Waals surface area contributed by atoms with E-state index in [4.69, 9.17) is 5.11 Å². The van der Waals surface area contributed by atoms with Crippen molar-refractivity contribution in [3.8, 4) is 0 Å². The van der Waals surface area contributed by atoms with Crippen molar-refractivity contribution in [3.05, 3.63) is 0 Å². The number of rotatable bonds is 3. The number of hydrogen-bond acceptors (Lipinski definition) is 2. The molecule has 0 heterocycles. The van der Waals surface area contributed by atoms with Crippen molar-refractivity contribution in [3.63, 3.8) is 0 Å². The lowest BCUT2D eigenvalue weighted by molar-refractivity contribution is -0.191. The van der Waals surface area contributed by atoms with Crippen LogP contribution >= 0.6 is 0 Å². The molecule has 0 aromatic heterocycles. The van der Waals surface area contributed by atoms with Crippen LogP contribution in [0, 0.1) is 5.41 Å². The SMILES string of the molecule is O=C(O)CC(=O)C1(C(F)(F)F)CC1. The molecule has 0 saturated heterocycles. The fourth-order valence-electron chi connectivity index (χ4n) is 1.15. The Bertz CT molecular complexity index is 252. The summed E-state index contributed by atoms with van der Waals surface area (Å²) in [5.74, 6) is -2.74. The standard InChI is InChI=1S/C7H7F3O3/c8-7(9,10)6(1-2-6)4(11)3-5(12)13/h1-3H2,(H,12,13). The lowest BCUT2D eigenvalue weighted by Crippen LogP contribution is -2.33. The number of halogens is 3. The van der Waals surface area contributed by atoms with Gasteiger partial charge in [0.25, 0.3) is 0 Å². The molecule has 0 radical (unpaired) electrons. The van der Waals surface area contributed by atoms with E-state index >= 15 is 0 Å². The molecule has 1 rings (SSSR count). The molecule has 0 spiro atoms. The Labute approximate surface area is 71.5 Å². The molecule has 0 unspecified atom stereocenters. The third-order valence-corrected chi connectivity index (χ3v) is 2.14. The molecule has 0 aromatic rings. The highest BCUT2D eigenvalue weighted by Crippen LogP contribution is 2.58. The number of alkyl halides is 3. The summed E-state index contributed by atoms with van der Waals surface area (Å²) in [7, 11) is 0. The Morgan fingerprint density at radius 1 is 1.31 bits per heavy atom. The second kappa shape index (κ2) is 2.71. The van der Waals surface area contributed by atoms with Gasteiger partial charge in [-0.2, -0.15) is 13.2 Å². The monoisotopic (exact) mass is 196 g/mol. The van der Waals surface area contributed by atoms with Crippen molar-refractivity contribution in [2.75, 3.05) is 0 Å². The number of carboxylic acids is 1. The average Bonchev–Trinajstić information content (AvgIpc) is 2.60. The van der Waals surface area contributed by atoms with Crippen LogP contribution < -0.4 is 0 Å². The second-order valence-corrected chi connectivity index (χ2v) is 3.07. The number of hydrogen-bond donors (Lipinski definition) is 1. The quantitative estimate of drug-likeness (QED) is 0.693. The van der Waals surface area contributed by atoms with E-state index in [0.29, 0.717) is 0 Å². The van der Waals surface area contributed by atoms with Gasteiger partial charge in [0.2, 0.25) is 0 Å². The maximum atomic E-state index is 12.2. The largest absolute Gasteiger partial charge is 0.481 e. The predicted octanol–water partition coefficient (Wildman–Crippen LogP) is 1.37. The maximum Gasteiger partial charge on any atom is 0.401 e. The lowest BCUT2D eigenvalue weighted by atomic mass is 9.98. The molecule has 1 N–H and O–H groups in total. The first kappa shape index (κ1) is 10.0. The molecule has 0 aromatic carbocycles. The number of carbonyl (C=O) groups is 2. The number of aliphatic carboxylic acids is 1. The minimum atomic E-state index is -4.60. The van der Waals surface area contributed by atoms with Gasteiger partial charge in [0, 0.05) is 0 Å². The first-order valence-corrected chi connectivity index (χ1v) is 3.61. The molecular formula is C7H7F3O3. The fraction of sp³-hybridized carbons (Fsp3) is 0.714. The van der Waals surface area contributed by atoms with Gasteiger partial charge in [0.05, 0.1) is 0 Å². The van der Waals surface area contributed by atoms with Crippen LogP contribution in [0.15, 0.2) is 0 Å². The minimum Gasteiger partial charge on any atom is -0.481 e. The number of ketones is 1. The molecular weight excluding hydrogens is 189 g/mol. The van der Waals surface area contributed by atoms with Crippen molar-refractivity contribution >= 4 is 11.8 Å². The molecule has 13 heavy (non-hydrogen) atoms. The molecule has 0 bridgehead atoms. The average molecular weight is 196 g/mol. The van der Waals surface area contributed by atoms with Gasteiger partial charge in [-0.05, 0) is 12.8 Å². The van der Waals surface area contributed by atoms with Crippen LogP contribution in [0.4, 0.5) is 13.2 Å². The topological polar surface area (TPSA) is 54.4 Å². The summed E-state index contributed by atoms with van der Waals surface area (Å²) in [6.45, 7) is 0. The summed E-state index contributed by atoms with van der Waals surface area (Å²) in [6, 6.07) is 0. The molecule has 1 aliphatic rings.